The normalized spacial score (nSPS) is 19.1. The van der Waals surface area contributed by atoms with Gasteiger partial charge >= 0.3 is 0 Å². The van der Waals surface area contributed by atoms with Gasteiger partial charge in [0.25, 0.3) is 0 Å². The number of aliphatic hydroxyl groups excluding tert-OH is 1. The maximum absolute atomic E-state index is 8.79. The van der Waals surface area contributed by atoms with Crippen molar-refractivity contribution in [3.63, 3.8) is 0 Å². The molecular weight excluding hydrogens is 138 g/mol. The van der Waals surface area contributed by atoms with Gasteiger partial charge < -0.3 is 10.0 Å². The molecule has 0 aromatic carbocycles. The molecule has 2 heteroatoms. The smallest absolute Gasteiger partial charge is 0.0615 e. The fraction of sp³-hybridized carbons (Fsp3) is 1.00. The first-order chi connectivity index (χ1) is 5.13. The van der Waals surface area contributed by atoms with Crippen molar-refractivity contribution in [2.75, 3.05) is 20.7 Å². The summed E-state index contributed by atoms with van der Waals surface area (Å²) in [6.07, 6.45) is 3.58. The van der Waals surface area contributed by atoms with Gasteiger partial charge in [0.05, 0.1) is 6.61 Å². The van der Waals surface area contributed by atoms with E-state index in [9.17, 15) is 0 Å². The van der Waals surface area contributed by atoms with Crippen LogP contribution in [0.2, 0.25) is 0 Å². The van der Waals surface area contributed by atoms with Crippen molar-refractivity contribution in [1.82, 2.24) is 4.90 Å². The fourth-order valence-electron chi connectivity index (χ4n) is 0.891. The largest absolute Gasteiger partial charge is 0.394 e. The molecule has 1 N–H and O–H groups in total. The van der Waals surface area contributed by atoms with Crippen LogP contribution in [0.25, 0.3) is 0 Å². The predicted molar refractivity (Wildman–Crippen MR) is 48.7 cm³/mol. The molecule has 0 aromatic rings. The predicted octanol–water partition coefficient (Wildman–Crippen LogP) is 1.49. The third-order valence-corrected chi connectivity index (χ3v) is 2.07. The van der Waals surface area contributed by atoms with E-state index in [1.54, 1.807) is 0 Å². The number of hydrogen-bond donors (Lipinski definition) is 1. The monoisotopic (exact) mass is 159 g/mol. The average Bonchev–Trinajstić information content (AvgIpc) is 2.68. The van der Waals surface area contributed by atoms with E-state index in [2.05, 4.69) is 18.7 Å². The van der Waals surface area contributed by atoms with Gasteiger partial charge in [-0.1, -0.05) is 20.3 Å². The van der Waals surface area contributed by atoms with Crippen molar-refractivity contribution in [1.29, 1.82) is 0 Å². The highest BCUT2D eigenvalue weighted by atomic mass is 16.3. The van der Waals surface area contributed by atoms with Gasteiger partial charge in [-0.2, -0.15) is 0 Å². The van der Waals surface area contributed by atoms with Crippen LogP contribution in [-0.4, -0.2) is 36.2 Å². The number of hydrogen-bond acceptors (Lipinski definition) is 2. The summed E-state index contributed by atoms with van der Waals surface area (Å²) in [5.74, 6) is 0. The topological polar surface area (TPSA) is 23.5 Å². The molecule has 0 atom stereocenters. The molecule has 0 radical (unpaired) electrons. The zero-order valence-electron chi connectivity index (χ0n) is 8.22. The lowest BCUT2D eigenvalue weighted by molar-refractivity contribution is 0.152. The Labute approximate surface area is 70.2 Å². The van der Waals surface area contributed by atoms with E-state index < -0.39 is 0 Å². The zero-order valence-corrected chi connectivity index (χ0v) is 8.22. The number of aliphatic hydroxyl groups is 1. The molecule has 0 unspecified atom stereocenters. The molecule has 1 fully saturated rings. The molecule has 0 aliphatic heterocycles. The highest BCUT2D eigenvalue weighted by Crippen LogP contribution is 2.38. The van der Waals surface area contributed by atoms with Crippen molar-refractivity contribution in [2.24, 2.45) is 0 Å². The molecule has 2 nitrogen and oxygen atoms in total. The average molecular weight is 159 g/mol. The Morgan fingerprint density at radius 3 is 1.64 bits per heavy atom. The van der Waals surface area contributed by atoms with Crippen molar-refractivity contribution in [3.8, 4) is 0 Å². The minimum absolute atomic E-state index is 0.181. The first-order valence-corrected chi connectivity index (χ1v) is 4.41. The van der Waals surface area contributed by atoms with E-state index in [0.29, 0.717) is 6.61 Å². The standard InChI is InChI=1S/C6H13NO.C3H8/c1-7(2)6(5-8)3-4-6;1-3-2/h8H,3-5H2,1-2H3;3H2,1-2H3. The number of rotatable bonds is 2. The number of likely N-dealkylation sites (N-methyl/N-ethyl adjacent to an activating group) is 1. The van der Waals surface area contributed by atoms with Crippen LogP contribution in [0.4, 0.5) is 0 Å². The van der Waals surface area contributed by atoms with Gasteiger partial charge in [0, 0.05) is 5.54 Å². The third kappa shape index (κ3) is 3.21. The molecule has 68 valence electrons. The van der Waals surface area contributed by atoms with Gasteiger partial charge in [0.2, 0.25) is 0 Å². The molecule has 0 bridgehead atoms. The Morgan fingerprint density at radius 1 is 1.27 bits per heavy atom. The highest BCUT2D eigenvalue weighted by Gasteiger charge is 2.43. The Hall–Kier alpha value is -0.0800. The van der Waals surface area contributed by atoms with E-state index in [-0.39, 0.29) is 5.54 Å². The molecule has 0 heterocycles. The van der Waals surface area contributed by atoms with Crippen molar-refractivity contribution in [3.05, 3.63) is 0 Å². The second kappa shape index (κ2) is 4.73. The fourth-order valence-corrected chi connectivity index (χ4v) is 0.891. The molecule has 1 saturated carbocycles. The molecule has 1 rings (SSSR count). The summed E-state index contributed by atoms with van der Waals surface area (Å²) in [7, 11) is 4.03. The van der Waals surface area contributed by atoms with Crippen molar-refractivity contribution >= 4 is 0 Å². The molecule has 0 spiro atoms. The lowest BCUT2D eigenvalue weighted by Crippen LogP contribution is -2.33. The Morgan fingerprint density at radius 2 is 1.64 bits per heavy atom. The second-order valence-electron chi connectivity index (χ2n) is 3.48. The van der Waals surface area contributed by atoms with Gasteiger partial charge in [0.1, 0.15) is 0 Å². The summed E-state index contributed by atoms with van der Waals surface area (Å²) in [5.41, 5.74) is 0.181. The molecule has 11 heavy (non-hydrogen) atoms. The Bertz CT molecular complexity index is 97.7. The van der Waals surface area contributed by atoms with Gasteiger partial charge in [0.15, 0.2) is 0 Å². The number of nitrogens with zero attached hydrogens (tertiary/aromatic N) is 1. The van der Waals surface area contributed by atoms with Crippen LogP contribution in [0.5, 0.6) is 0 Å². The van der Waals surface area contributed by atoms with Crippen molar-refractivity contribution < 1.29 is 5.11 Å². The molecule has 0 amide bonds. The van der Waals surface area contributed by atoms with Crippen LogP contribution in [-0.2, 0) is 0 Å². The Kier molecular flexibility index (Phi) is 4.69. The van der Waals surface area contributed by atoms with Crippen LogP contribution < -0.4 is 0 Å². The maximum atomic E-state index is 8.79. The lowest BCUT2D eigenvalue weighted by Gasteiger charge is -2.20. The molecule has 1 aliphatic carbocycles. The molecule has 0 saturated heterocycles. The molecular formula is C9H21NO. The van der Waals surface area contributed by atoms with E-state index in [0.717, 1.165) is 12.8 Å². The summed E-state index contributed by atoms with van der Waals surface area (Å²) in [6.45, 7) is 4.57. The summed E-state index contributed by atoms with van der Waals surface area (Å²) < 4.78 is 0. The van der Waals surface area contributed by atoms with Gasteiger partial charge in [-0.25, -0.2) is 0 Å². The highest BCUT2D eigenvalue weighted by molar-refractivity contribution is 5.00. The van der Waals surface area contributed by atoms with Gasteiger partial charge in [-0.05, 0) is 26.9 Å². The summed E-state index contributed by atoms with van der Waals surface area (Å²) in [5, 5.41) is 8.79. The molecule has 1 aliphatic rings. The minimum atomic E-state index is 0.181. The summed E-state index contributed by atoms with van der Waals surface area (Å²) in [4.78, 5) is 2.10. The summed E-state index contributed by atoms with van der Waals surface area (Å²) in [6, 6.07) is 0. The Balaban J connectivity index is 0.000000292. The van der Waals surface area contributed by atoms with Crippen LogP contribution in [0.15, 0.2) is 0 Å². The van der Waals surface area contributed by atoms with Crippen LogP contribution in [0, 0.1) is 0 Å². The quantitative estimate of drug-likeness (QED) is 0.660. The molecule has 0 aromatic heterocycles. The van der Waals surface area contributed by atoms with E-state index in [4.69, 9.17) is 5.11 Å². The van der Waals surface area contributed by atoms with E-state index in [1.165, 1.54) is 6.42 Å². The van der Waals surface area contributed by atoms with Crippen LogP contribution >= 0.6 is 0 Å². The summed E-state index contributed by atoms with van der Waals surface area (Å²) >= 11 is 0. The maximum Gasteiger partial charge on any atom is 0.0615 e. The first kappa shape index (κ1) is 10.9. The van der Waals surface area contributed by atoms with Gasteiger partial charge in [-0.3, -0.25) is 0 Å². The minimum Gasteiger partial charge on any atom is -0.394 e. The van der Waals surface area contributed by atoms with Crippen LogP contribution in [0.3, 0.4) is 0 Å². The lowest BCUT2D eigenvalue weighted by atomic mass is 10.3. The zero-order chi connectivity index (χ0) is 8.91. The third-order valence-electron chi connectivity index (χ3n) is 2.07. The van der Waals surface area contributed by atoms with Crippen LogP contribution in [0.1, 0.15) is 33.1 Å². The van der Waals surface area contributed by atoms with Crippen molar-refractivity contribution in [2.45, 2.75) is 38.6 Å². The SMILES string of the molecule is CCC.CN(C)C1(CO)CC1. The first-order valence-electron chi connectivity index (χ1n) is 4.41. The van der Waals surface area contributed by atoms with E-state index >= 15 is 0 Å². The van der Waals surface area contributed by atoms with E-state index in [1.807, 2.05) is 14.1 Å². The second-order valence-corrected chi connectivity index (χ2v) is 3.48. The van der Waals surface area contributed by atoms with Gasteiger partial charge in [-0.15, -0.1) is 0 Å².